The van der Waals surface area contributed by atoms with E-state index >= 15 is 0 Å². The second-order valence-corrected chi connectivity index (χ2v) is 6.84. The largest absolute Gasteiger partial charge is 0.207 e. The van der Waals surface area contributed by atoms with E-state index in [9.17, 15) is 4.39 Å². The molecule has 1 fully saturated rings. The summed E-state index contributed by atoms with van der Waals surface area (Å²) in [6, 6.07) is 5.10. The number of benzene rings is 1. The SMILES string of the molecule is CCCCC1(CCc2ccc(Cl)cc2F)CCCCC1. The predicted octanol–water partition coefficient (Wildman–Crippen LogP) is 6.55. The van der Waals surface area contributed by atoms with Gasteiger partial charge in [0.2, 0.25) is 0 Å². The Morgan fingerprint density at radius 1 is 1.15 bits per heavy atom. The third-order valence-electron chi connectivity index (χ3n) is 4.91. The molecular weight excluding hydrogens is 271 g/mol. The van der Waals surface area contributed by atoms with Gasteiger partial charge in [-0.25, -0.2) is 4.39 Å². The second kappa shape index (κ2) is 7.45. The summed E-state index contributed by atoms with van der Waals surface area (Å²) in [4.78, 5) is 0. The summed E-state index contributed by atoms with van der Waals surface area (Å²) < 4.78 is 13.9. The fraction of sp³-hybridized carbons (Fsp3) is 0.667. The first-order chi connectivity index (χ1) is 9.65. The second-order valence-electron chi connectivity index (χ2n) is 6.40. The summed E-state index contributed by atoms with van der Waals surface area (Å²) in [7, 11) is 0. The Bertz CT molecular complexity index is 421. The van der Waals surface area contributed by atoms with Gasteiger partial charge < -0.3 is 0 Å². The molecule has 0 atom stereocenters. The minimum absolute atomic E-state index is 0.140. The summed E-state index contributed by atoms with van der Waals surface area (Å²) in [6.07, 6.45) is 12.6. The van der Waals surface area contributed by atoms with E-state index < -0.39 is 0 Å². The van der Waals surface area contributed by atoms with Crippen molar-refractivity contribution in [2.45, 2.75) is 71.1 Å². The van der Waals surface area contributed by atoms with Gasteiger partial charge in [0, 0.05) is 5.02 Å². The summed E-state index contributed by atoms with van der Waals surface area (Å²) >= 11 is 5.82. The first-order valence-electron chi connectivity index (χ1n) is 8.09. The van der Waals surface area contributed by atoms with E-state index in [1.165, 1.54) is 57.4 Å². The number of hydrogen-bond donors (Lipinski definition) is 0. The monoisotopic (exact) mass is 296 g/mol. The van der Waals surface area contributed by atoms with Crippen LogP contribution in [-0.2, 0) is 6.42 Å². The van der Waals surface area contributed by atoms with Gasteiger partial charge in [-0.05, 0) is 55.2 Å². The molecule has 2 rings (SSSR count). The van der Waals surface area contributed by atoms with E-state index in [1.807, 2.05) is 6.07 Å². The maximum atomic E-state index is 13.9. The molecule has 112 valence electrons. The highest BCUT2D eigenvalue weighted by Crippen LogP contribution is 2.44. The Labute approximate surface area is 127 Å². The molecule has 0 radical (unpaired) electrons. The number of aryl methyl sites for hydroxylation is 1. The summed E-state index contributed by atoms with van der Waals surface area (Å²) in [5.41, 5.74) is 1.30. The maximum Gasteiger partial charge on any atom is 0.127 e. The van der Waals surface area contributed by atoms with Crippen LogP contribution in [0.15, 0.2) is 18.2 Å². The minimum atomic E-state index is -0.140. The van der Waals surface area contributed by atoms with Crippen LogP contribution in [0.2, 0.25) is 5.02 Å². The fourth-order valence-corrected chi connectivity index (χ4v) is 3.76. The Balaban J connectivity index is 2.00. The van der Waals surface area contributed by atoms with Crippen molar-refractivity contribution >= 4 is 11.6 Å². The highest BCUT2D eigenvalue weighted by Gasteiger charge is 2.31. The van der Waals surface area contributed by atoms with Crippen LogP contribution in [0.3, 0.4) is 0 Å². The number of rotatable bonds is 6. The van der Waals surface area contributed by atoms with Gasteiger partial charge >= 0.3 is 0 Å². The van der Waals surface area contributed by atoms with Crippen LogP contribution >= 0.6 is 11.6 Å². The zero-order chi connectivity index (χ0) is 14.4. The zero-order valence-corrected chi connectivity index (χ0v) is 13.3. The number of halogens is 2. The van der Waals surface area contributed by atoms with Gasteiger partial charge in [-0.1, -0.05) is 56.7 Å². The molecule has 20 heavy (non-hydrogen) atoms. The first kappa shape index (κ1) is 15.8. The lowest BCUT2D eigenvalue weighted by atomic mass is 9.68. The van der Waals surface area contributed by atoms with Crippen molar-refractivity contribution in [2.24, 2.45) is 5.41 Å². The molecule has 0 aliphatic heterocycles. The molecule has 1 aliphatic carbocycles. The van der Waals surface area contributed by atoms with E-state index in [1.54, 1.807) is 6.07 Å². The van der Waals surface area contributed by atoms with Crippen LogP contribution in [0.1, 0.15) is 70.3 Å². The van der Waals surface area contributed by atoms with Crippen molar-refractivity contribution < 1.29 is 4.39 Å². The molecule has 0 unspecified atom stereocenters. The standard InChI is InChI=1S/C18H26ClF/c1-2-3-10-18(11-5-4-6-12-18)13-9-15-7-8-16(19)14-17(15)20/h7-8,14H,2-6,9-13H2,1H3. The average molecular weight is 297 g/mol. The molecule has 0 heterocycles. The Morgan fingerprint density at radius 3 is 2.55 bits per heavy atom. The summed E-state index contributed by atoms with van der Waals surface area (Å²) in [5.74, 6) is -0.140. The van der Waals surface area contributed by atoms with E-state index in [0.29, 0.717) is 10.4 Å². The molecule has 1 aromatic carbocycles. The lowest BCUT2D eigenvalue weighted by Crippen LogP contribution is -2.25. The van der Waals surface area contributed by atoms with E-state index in [-0.39, 0.29) is 5.82 Å². The molecule has 0 bridgehead atoms. The van der Waals surface area contributed by atoms with Crippen LogP contribution < -0.4 is 0 Å². The van der Waals surface area contributed by atoms with Crippen molar-refractivity contribution in [3.05, 3.63) is 34.6 Å². The quantitative estimate of drug-likeness (QED) is 0.558. The lowest BCUT2D eigenvalue weighted by Gasteiger charge is -2.38. The highest BCUT2D eigenvalue weighted by molar-refractivity contribution is 6.30. The highest BCUT2D eigenvalue weighted by atomic mass is 35.5. The predicted molar refractivity (Wildman–Crippen MR) is 84.8 cm³/mol. The fourth-order valence-electron chi connectivity index (χ4n) is 3.60. The van der Waals surface area contributed by atoms with Gasteiger partial charge in [0.1, 0.15) is 5.82 Å². The smallest absolute Gasteiger partial charge is 0.127 e. The van der Waals surface area contributed by atoms with Crippen LogP contribution in [-0.4, -0.2) is 0 Å². The van der Waals surface area contributed by atoms with Gasteiger partial charge in [0.05, 0.1) is 0 Å². The van der Waals surface area contributed by atoms with Crippen molar-refractivity contribution in [2.75, 3.05) is 0 Å². The van der Waals surface area contributed by atoms with Gasteiger partial charge in [0.25, 0.3) is 0 Å². The normalized spacial score (nSPS) is 18.1. The third kappa shape index (κ3) is 4.22. The lowest BCUT2D eigenvalue weighted by molar-refractivity contribution is 0.153. The maximum absolute atomic E-state index is 13.9. The zero-order valence-electron chi connectivity index (χ0n) is 12.6. The van der Waals surface area contributed by atoms with Crippen LogP contribution in [0.4, 0.5) is 4.39 Å². The van der Waals surface area contributed by atoms with Crippen molar-refractivity contribution in [3.8, 4) is 0 Å². The molecule has 1 aliphatic rings. The summed E-state index contributed by atoms with van der Waals surface area (Å²) in [6.45, 7) is 2.26. The molecule has 0 N–H and O–H groups in total. The first-order valence-corrected chi connectivity index (χ1v) is 8.47. The topological polar surface area (TPSA) is 0 Å². The van der Waals surface area contributed by atoms with Crippen molar-refractivity contribution in [3.63, 3.8) is 0 Å². The molecule has 0 saturated heterocycles. The third-order valence-corrected chi connectivity index (χ3v) is 5.15. The van der Waals surface area contributed by atoms with E-state index in [0.717, 1.165) is 18.4 Å². The Hall–Kier alpha value is -0.560. The number of unbranched alkanes of at least 4 members (excludes halogenated alkanes) is 1. The molecule has 0 spiro atoms. The molecule has 1 aromatic rings. The van der Waals surface area contributed by atoms with Gasteiger partial charge in [-0.15, -0.1) is 0 Å². The van der Waals surface area contributed by atoms with Crippen LogP contribution in [0, 0.1) is 11.2 Å². The Morgan fingerprint density at radius 2 is 1.90 bits per heavy atom. The molecular formula is C18H26ClF. The van der Waals surface area contributed by atoms with Gasteiger partial charge in [-0.2, -0.15) is 0 Å². The molecule has 0 aromatic heterocycles. The van der Waals surface area contributed by atoms with Crippen LogP contribution in [0.25, 0.3) is 0 Å². The van der Waals surface area contributed by atoms with Gasteiger partial charge in [-0.3, -0.25) is 0 Å². The van der Waals surface area contributed by atoms with Crippen molar-refractivity contribution in [1.29, 1.82) is 0 Å². The molecule has 0 amide bonds. The van der Waals surface area contributed by atoms with Crippen molar-refractivity contribution in [1.82, 2.24) is 0 Å². The average Bonchev–Trinajstić information content (AvgIpc) is 2.45. The number of hydrogen-bond acceptors (Lipinski definition) is 0. The molecule has 0 nitrogen and oxygen atoms in total. The summed E-state index contributed by atoms with van der Waals surface area (Å²) in [5, 5.41) is 0.490. The molecule has 2 heteroatoms. The molecule has 1 saturated carbocycles. The Kier molecular flexibility index (Phi) is 5.89. The van der Waals surface area contributed by atoms with Gasteiger partial charge in [0.15, 0.2) is 0 Å². The minimum Gasteiger partial charge on any atom is -0.207 e. The van der Waals surface area contributed by atoms with Crippen LogP contribution in [0.5, 0.6) is 0 Å². The van der Waals surface area contributed by atoms with E-state index in [4.69, 9.17) is 11.6 Å². The van der Waals surface area contributed by atoms with E-state index in [2.05, 4.69) is 6.92 Å².